The van der Waals surface area contributed by atoms with Crippen LogP contribution in [0.5, 0.6) is 0 Å². The minimum atomic E-state index is -1.46. The van der Waals surface area contributed by atoms with Gasteiger partial charge in [0.05, 0.1) is 11.6 Å². The Morgan fingerprint density at radius 2 is 1.82 bits per heavy atom. The molecule has 3 atom stereocenters. The number of likely N-dealkylation sites (N-methyl/N-ethyl adjacent to an activating group) is 3. The van der Waals surface area contributed by atoms with Crippen molar-refractivity contribution in [2.24, 2.45) is 10.7 Å². The third kappa shape index (κ3) is 2.47. The fraction of sp³-hybridized carbons (Fsp3) is 0.259. The van der Waals surface area contributed by atoms with Crippen LogP contribution in [0.25, 0.3) is 21.8 Å². The molecule has 1 aliphatic carbocycles. The smallest absolute Gasteiger partial charge is 0.261 e. The van der Waals surface area contributed by atoms with Gasteiger partial charge in [0.2, 0.25) is 5.96 Å². The van der Waals surface area contributed by atoms with Crippen molar-refractivity contribution < 1.29 is 9.59 Å². The molecule has 5 N–H and O–H groups in total. The van der Waals surface area contributed by atoms with Crippen molar-refractivity contribution in [2.75, 3.05) is 21.1 Å². The van der Waals surface area contributed by atoms with E-state index in [1.54, 1.807) is 26.0 Å². The molecule has 2 aliphatic heterocycles. The lowest BCUT2D eigenvalue weighted by Gasteiger charge is -2.50. The average Bonchev–Trinajstić information content (AvgIpc) is 3.58. The first-order chi connectivity index (χ1) is 18.1. The van der Waals surface area contributed by atoms with Gasteiger partial charge in [0, 0.05) is 60.0 Å². The van der Waals surface area contributed by atoms with E-state index in [4.69, 9.17) is 16.1 Å². The number of rotatable bonds is 1. The minimum absolute atomic E-state index is 0.0402. The first kappa shape index (κ1) is 23.0. The van der Waals surface area contributed by atoms with E-state index in [-0.39, 0.29) is 30.2 Å². The number of H-pyrrole nitrogens is 2. The van der Waals surface area contributed by atoms with Crippen molar-refractivity contribution in [2.45, 2.75) is 23.4 Å². The van der Waals surface area contributed by atoms with Crippen LogP contribution >= 0.6 is 15.9 Å². The number of para-hydroxylation sites is 1. The molecule has 11 heteroatoms. The van der Waals surface area contributed by atoms with Gasteiger partial charge in [-0.15, -0.1) is 0 Å². The number of aromatic nitrogens is 2. The lowest BCUT2D eigenvalue weighted by Crippen LogP contribution is -2.63. The Morgan fingerprint density at radius 3 is 2.50 bits per heavy atom. The summed E-state index contributed by atoms with van der Waals surface area (Å²) in [6, 6.07) is 13.7. The molecule has 10 nitrogen and oxygen atoms in total. The highest BCUT2D eigenvalue weighted by Gasteiger charge is 2.72. The Balaban J connectivity index is 1.68. The number of halogens is 1. The first-order valence-electron chi connectivity index (χ1n) is 12.2. The molecule has 38 heavy (non-hydrogen) atoms. The molecule has 0 radical (unpaired) electrons. The molecule has 0 saturated carbocycles. The number of carbonyl (C=O) groups is 2. The third-order valence-corrected chi connectivity index (χ3v) is 9.14. The second-order valence-electron chi connectivity index (χ2n) is 10.3. The number of amides is 2. The van der Waals surface area contributed by atoms with Gasteiger partial charge in [-0.1, -0.05) is 40.2 Å². The van der Waals surface area contributed by atoms with Crippen molar-refractivity contribution in [3.05, 3.63) is 70.0 Å². The highest BCUT2D eigenvalue weighted by molar-refractivity contribution is 9.10. The van der Waals surface area contributed by atoms with Crippen molar-refractivity contribution in [1.82, 2.24) is 24.7 Å². The lowest BCUT2D eigenvalue weighted by molar-refractivity contribution is -0.139. The summed E-state index contributed by atoms with van der Waals surface area (Å²) < 4.78 is 0.885. The summed E-state index contributed by atoms with van der Waals surface area (Å²) in [5.74, 6) is -1.23. The number of nitrogens with zero attached hydrogens (tertiary/aromatic N) is 4. The minimum Gasteiger partial charge on any atom is -0.369 e. The van der Waals surface area contributed by atoms with E-state index in [9.17, 15) is 9.59 Å². The number of hydrogen-bond acceptors (Lipinski definition) is 5. The number of hydrogen-bond donors (Lipinski definition) is 4. The van der Waals surface area contributed by atoms with Crippen molar-refractivity contribution in [1.29, 1.82) is 5.41 Å². The summed E-state index contributed by atoms with van der Waals surface area (Å²) in [6.45, 7) is 0. The molecule has 2 aromatic heterocycles. The topological polar surface area (TPSA) is 138 Å². The summed E-state index contributed by atoms with van der Waals surface area (Å²) >= 11 is 3.56. The van der Waals surface area contributed by atoms with E-state index in [1.165, 1.54) is 9.80 Å². The van der Waals surface area contributed by atoms with Gasteiger partial charge in [-0.2, -0.15) is 0 Å². The second-order valence-corrected chi connectivity index (χ2v) is 11.3. The zero-order chi connectivity index (χ0) is 26.7. The number of nitrogens with two attached hydrogens (primary N) is 1. The van der Waals surface area contributed by atoms with E-state index < -0.39 is 17.0 Å². The summed E-state index contributed by atoms with van der Waals surface area (Å²) in [7, 11) is 4.96. The Kier molecular flexibility index (Phi) is 4.40. The molecule has 2 amide bonds. The quantitative estimate of drug-likeness (QED) is 0.278. The normalized spacial score (nSPS) is 27.1. The van der Waals surface area contributed by atoms with Gasteiger partial charge in [-0.05, 0) is 29.3 Å². The van der Waals surface area contributed by atoms with Crippen LogP contribution in [0.3, 0.4) is 0 Å². The molecule has 7 rings (SSSR count). The van der Waals surface area contributed by atoms with Crippen LogP contribution in [0.2, 0.25) is 0 Å². The van der Waals surface area contributed by atoms with Crippen LogP contribution in [0.1, 0.15) is 22.7 Å². The summed E-state index contributed by atoms with van der Waals surface area (Å²) in [5, 5.41) is 10.7. The van der Waals surface area contributed by atoms with Gasteiger partial charge in [0.15, 0.2) is 17.0 Å². The number of fused-ring (bicyclic) bond motifs is 5. The van der Waals surface area contributed by atoms with E-state index in [1.807, 2.05) is 48.7 Å². The van der Waals surface area contributed by atoms with Crippen LogP contribution in [0, 0.1) is 5.41 Å². The monoisotopic (exact) mass is 572 g/mol. The van der Waals surface area contributed by atoms with Gasteiger partial charge < -0.3 is 20.6 Å². The maximum atomic E-state index is 14.6. The molecule has 1 saturated heterocycles. The lowest BCUT2D eigenvalue weighted by atomic mass is 9.58. The zero-order valence-electron chi connectivity index (χ0n) is 21.0. The maximum absolute atomic E-state index is 14.6. The molecule has 192 valence electrons. The van der Waals surface area contributed by atoms with Gasteiger partial charge in [-0.25, -0.2) is 4.99 Å². The average molecular weight is 573 g/mol. The summed E-state index contributed by atoms with van der Waals surface area (Å²) in [4.78, 5) is 45.0. The molecule has 3 aliphatic rings. The summed E-state index contributed by atoms with van der Waals surface area (Å²) in [6.07, 6.45) is 2.11. The van der Waals surface area contributed by atoms with E-state index in [2.05, 4.69) is 25.9 Å². The number of aromatic amines is 2. The zero-order valence-corrected chi connectivity index (χ0v) is 22.5. The number of aliphatic imine (C=N–C) groups is 1. The van der Waals surface area contributed by atoms with Gasteiger partial charge in [0.1, 0.15) is 0 Å². The van der Waals surface area contributed by atoms with E-state index in [0.717, 1.165) is 37.4 Å². The molecule has 0 bridgehead atoms. The molecule has 2 spiro atoms. The maximum Gasteiger partial charge on any atom is 0.261 e. The Hall–Kier alpha value is -4.12. The van der Waals surface area contributed by atoms with Gasteiger partial charge in [-0.3, -0.25) is 24.8 Å². The molecule has 1 fully saturated rings. The standard InChI is InChI=1S/C27H25BrN8O2/c1-34-22(37)26(33-24(34)29)11-16-15-9-8-13(28)10-19(15)32-21(16)27(23(38)35(2)25(30)36(27)3)20(26)17-12-31-18-7-5-4-6-14(17)18/h4-10,12,20,30-32H,11H2,1-3H3,(H2,29,33). The number of benzene rings is 2. The van der Waals surface area contributed by atoms with Crippen LogP contribution < -0.4 is 5.73 Å². The second kappa shape index (κ2) is 7.25. The largest absolute Gasteiger partial charge is 0.369 e. The number of carbonyl (C=O) groups excluding carboxylic acids is 2. The van der Waals surface area contributed by atoms with Crippen molar-refractivity contribution in [3.63, 3.8) is 0 Å². The molecular formula is C27H25BrN8O2. The van der Waals surface area contributed by atoms with Crippen LogP contribution in [-0.4, -0.2) is 75.1 Å². The van der Waals surface area contributed by atoms with Crippen molar-refractivity contribution in [3.8, 4) is 0 Å². The highest BCUT2D eigenvalue weighted by atomic mass is 79.9. The molecule has 4 aromatic rings. The molecule has 4 heterocycles. The fourth-order valence-corrected chi connectivity index (χ4v) is 7.28. The molecule has 2 aromatic carbocycles. The van der Waals surface area contributed by atoms with Gasteiger partial charge in [0.25, 0.3) is 11.8 Å². The summed E-state index contributed by atoms with van der Waals surface area (Å²) in [5.41, 5.74) is 7.44. The van der Waals surface area contributed by atoms with Crippen LogP contribution in [0.15, 0.2) is 58.1 Å². The third-order valence-electron chi connectivity index (χ3n) is 8.65. The van der Waals surface area contributed by atoms with Gasteiger partial charge >= 0.3 is 0 Å². The highest BCUT2D eigenvalue weighted by Crippen LogP contribution is 2.60. The predicted molar refractivity (Wildman–Crippen MR) is 148 cm³/mol. The fourth-order valence-electron chi connectivity index (χ4n) is 6.92. The Morgan fingerprint density at radius 1 is 1.05 bits per heavy atom. The Labute approximate surface area is 226 Å². The first-order valence-corrected chi connectivity index (χ1v) is 13.0. The van der Waals surface area contributed by atoms with E-state index >= 15 is 0 Å². The van der Waals surface area contributed by atoms with Crippen LogP contribution in [0.4, 0.5) is 0 Å². The van der Waals surface area contributed by atoms with Crippen LogP contribution in [-0.2, 0) is 21.5 Å². The number of nitrogens with one attached hydrogen (secondary N) is 3. The SMILES string of the molecule is CN1C(=N)N(C)C2(C1=O)c1[nH]c3cc(Br)ccc3c1CC1(N=C(N)N(C)C1=O)C2c1c[nH]c2ccccc12. The number of guanidine groups is 2. The molecular weight excluding hydrogens is 548 g/mol. The Bertz CT molecular complexity index is 1770. The van der Waals surface area contributed by atoms with E-state index in [0.29, 0.717) is 5.69 Å². The predicted octanol–water partition coefficient (Wildman–Crippen LogP) is 2.81. The molecule has 3 unspecified atom stereocenters. The van der Waals surface area contributed by atoms with Crippen molar-refractivity contribution >= 4 is 61.5 Å².